The number of halogens is 3. The van der Waals surface area contributed by atoms with Crippen LogP contribution in [-0.4, -0.2) is 50.6 Å². The molecule has 1 atom stereocenters. The summed E-state index contributed by atoms with van der Waals surface area (Å²) in [6.45, 7) is 2.30. The summed E-state index contributed by atoms with van der Waals surface area (Å²) < 4.78 is 5.61. The summed E-state index contributed by atoms with van der Waals surface area (Å²) in [5.74, 6) is 0.625. The Hall–Kier alpha value is -0.720. The van der Waals surface area contributed by atoms with Crippen LogP contribution in [0.5, 0.6) is 5.75 Å². The van der Waals surface area contributed by atoms with Gasteiger partial charge in [0.1, 0.15) is 12.4 Å². The van der Waals surface area contributed by atoms with E-state index in [2.05, 4.69) is 10.6 Å². The van der Waals surface area contributed by atoms with Gasteiger partial charge < -0.3 is 20.3 Å². The molecule has 5 nitrogen and oxygen atoms in total. The summed E-state index contributed by atoms with van der Waals surface area (Å²) >= 11 is 6.18. The monoisotopic (exact) mass is 383 g/mol. The predicted octanol–water partition coefficient (Wildman–Crippen LogP) is 2.81. The van der Waals surface area contributed by atoms with Crippen molar-refractivity contribution in [2.75, 3.05) is 39.1 Å². The molecule has 1 aliphatic rings. The molecule has 1 heterocycles. The van der Waals surface area contributed by atoms with Crippen molar-refractivity contribution in [2.45, 2.75) is 18.9 Å². The molecule has 1 fully saturated rings. The number of nitrogens with one attached hydrogen (secondary N) is 2. The van der Waals surface area contributed by atoms with E-state index in [4.69, 9.17) is 16.3 Å². The molecule has 2 rings (SSSR count). The minimum Gasteiger partial charge on any atom is -0.491 e. The molecule has 1 aliphatic heterocycles. The lowest BCUT2D eigenvalue weighted by Crippen LogP contribution is -2.35. The van der Waals surface area contributed by atoms with Crippen molar-refractivity contribution in [3.8, 4) is 5.75 Å². The van der Waals surface area contributed by atoms with Crippen LogP contribution in [0.1, 0.15) is 12.8 Å². The third-order valence-corrected chi connectivity index (χ3v) is 3.67. The second-order valence-corrected chi connectivity index (χ2v) is 5.84. The SMILES string of the molecule is CN(C)CCOc1ccc(NC(=O)C2CCCN2)cc1Cl.Cl.Cl. The normalized spacial score (nSPS) is 16.4. The van der Waals surface area contributed by atoms with E-state index < -0.39 is 0 Å². The van der Waals surface area contributed by atoms with Gasteiger partial charge in [-0.25, -0.2) is 0 Å². The van der Waals surface area contributed by atoms with Gasteiger partial charge in [0.05, 0.1) is 11.1 Å². The molecule has 23 heavy (non-hydrogen) atoms. The maximum Gasteiger partial charge on any atom is 0.241 e. The van der Waals surface area contributed by atoms with Crippen LogP contribution in [0, 0.1) is 0 Å². The van der Waals surface area contributed by atoms with Crippen molar-refractivity contribution in [1.82, 2.24) is 10.2 Å². The second-order valence-electron chi connectivity index (χ2n) is 5.44. The maximum atomic E-state index is 12.0. The molecule has 0 aromatic heterocycles. The Morgan fingerprint density at radius 1 is 1.43 bits per heavy atom. The zero-order chi connectivity index (χ0) is 15.2. The van der Waals surface area contributed by atoms with Crippen molar-refractivity contribution in [2.24, 2.45) is 0 Å². The van der Waals surface area contributed by atoms with Crippen molar-refractivity contribution in [1.29, 1.82) is 0 Å². The van der Waals surface area contributed by atoms with Gasteiger partial charge in [0.15, 0.2) is 0 Å². The minimum atomic E-state index is -0.0974. The van der Waals surface area contributed by atoms with Gasteiger partial charge in [-0.15, -0.1) is 24.8 Å². The van der Waals surface area contributed by atoms with E-state index in [9.17, 15) is 4.79 Å². The lowest BCUT2D eigenvalue weighted by molar-refractivity contribution is -0.117. The molecular weight excluding hydrogens is 361 g/mol. The summed E-state index contributed by atoms with van der Waals surface area (Å²) in [6.07, 6.45) is 1.92. The zero-order valence-corrected chi connectivity index (χ0v) is 15.7. The standard InChI is InChI=1S/C15H22ClN3O2.2ClH/c1-19(2)8-9-21-14-6-5-11(10-12(14)16)18-15(20)13-4-3-7-17-13;;/h5-6,10,13,17H,3-4,7-9H2,1-2H3,(H,18,20);2*1H. The number of carbonyl (C=O) groups is 1. The van der Waals surface area contributed by atoms with Crippen LogP contribution in [-0.2, 0) is 4.79 Å². The molecule has 0 bridgehead atoms. The third-order valence-electron chi connectivity index (χ3n) is 3.37. The topological polar surface area (TPSA) is 53.6 Å². The Labute approximate surface area is 154 Å². The fraction of sp³-hybridized carbons (Fsp3) is 0.533. The van der Waals surface area contributed by atoms with Gasteiger partial charge in [0.25, 0.3) is 0 Å². The summed E-state index contributed by atoms with van der Waals surface area (Å²) in [7, 11) is 3.97. The van der Waals surface area contributed by atoms with Gasteiger partial charge in [-0.05, 0) is 51.7 Å². The van der Waals surface area contributed by atoms with Crippen molar-refractivity contribution in [3.05, 3.63) is 23.2 Å². The number of carbonyl (C=O) groups excluding carboxylic acids is 1. The zero-order valence-electron chi connectivity index (χ0n) is 13.3. The van der Waals surface area contributed by atoms with E-state index in [-0.39, 0.29) is 36.8 Å². The molecule has 1 aromatic rings. The first kappa shape index (κ1) is 22.3. The predicted molar refractivity (Wildman–Crippen MR) is 99.7 cm³/mol. The second kappa shape index (κ2) is 10.9. The maximum absolute atomic E-state index is 12.0. The lowest BCUT2D eigenvalue weighted by atomic mass is 10.2. The van der Waals surface area contributed by atoms with Crippen molar-refractivity contribution >= 4 is 48.0 Å². The van der Waals surface area contributed by atoms with E-state index in [0.29, 0.717) is 23.1 Å². The lowest BCUT2D eigenvalue weighted by Gasteiger charge is -2.14. The number of anilines is 1. The largest absolute Gasteiger partial charge is 0.491 e. The minimum absolute atomic E-state index is 0. The molecular formula is C15H24Cl3N3O2. The Bertz CT molecular complexity index is 495. The number of nitrogens with zero attached hydrogens (tertiary/aromatic N) is 1. The highest BCUT2D eigenvalue weighted by molar-refractivity contribution is 6.32. The van der Waals surface area contributed by atoms with E-state index in [1.807, 2.05) is 25.1 Å². The van der Waals surface area contributed by atoms with Crippen LogP contribution in [0.25, 0.3) is 0 Å². The first-order chi connectivity index (χ1) is 10.1. The molecule has 0 radical (unpaired) electrons. The highest BCUT2D eigenvalue weighted by atomic mass is 35.5. The third kappa shape index (κ3) is 7.14. The van der Waals surface area contributed by atoms with Crippen LogP contribution >= 0.6 is 36.4 Å². The molecule has 8 heteroatoms. The van der Waals surface area contributed by atoms with E-state index in [1.165, 1.54) is 0 Å². The smallest absolute Gasteiger partial charge is 0.241 e. The number of likely N-dealkylation sites (N-methyl/N-ethyl adjacent to an activating group) is 1. The Kier molecular flexibility index (Phi) is 10.6. The van der Waals surface area contributed by atoms with Crippen LogP contribution in [0.2, 0.25) is 5.02 Å². The molecule has 1 aromatic carbocycles. The first-order valence-electron chi connectivity index (χ1n) is 7.17. The fourth-order valence-electron chi connectivity index (χ4n) is 2.17. The molecule has 2 N–H and O–H groups in total. The van der Waals surface area contributed by atoms with Gasteiger partial charge in [0, 0.05) is 12.2 Å². The van der Waals surface area contributed by atoms with Crippen LogP contribution in [0.4, 0.5) is 5.69 Å². The quantitative estimate of drug-likeness (QED) is 0.792. The van der Waals surface area contributed by atoms with Gasteiger partial charge in [-0.1, -0.05) is 11.6 Å². The highest BCUT2D eigenvalue weighted by Crippen LogP contribution is 2.27. The summed E-state index contributed by atoms with van der Waals surface area (Å²) in [5.41, 5.74) is 0.693. The molecule has 132 valence electrons. The van der Waals surface area contributed by atoms with Gasteiger partial charge in [-0.3, -0.25) is 4.79 Å². The van der Waals surface area contributed by atoms with Crippen LogP contribution in [0.15, 0.2) is 18.2 Å². The van der Waals surface area contributed by atoms with E-state index in [1.54, 1.807) is 12.1 Å². The number of amides is 1. The van der Waals surface area contributed by atoms with Crippen molar-refractivity contribution < 1.29 is 9.53 Å². The van der Waals surface area contributed by atoms with Crippen LogP contribution in [0.3, 0.4) is 0 Å². The summed E-state index contributed by atoms with van der Waals surface area (Å²) in [5, 5.41) is 6.55. The first-order valence-corrected chi connectivity index (χ1v) is 7.55. The molecule has 1 unspecified atom stereocenters. The number of rotatable bonds is 6. The molecule has 1 saturated heterocycles. The average molecular weight is 385 g/mol. The van der Waals surface area contributed by atoms with E-state index >= 15 is 0 Å². The summed E-state index contributed by atoms with van der Waals surface area (Å²) in [6, 6.07) is 5.22. The van der Waals surface area contributed by atoms with E-state index in [0.717, 1.165) is 25.9 Å². The molecule has 0 spiro atoms. The number of ether oxygens (including phenoxy) is 1. The Morgan fingerprint density at radius 2 is 2.17 bits per heavy atom. The van der Waals surface area contributed by atoms with Gasteiger partial charge in [-0.2, -0.15) is 0 Å². The fourth-order valence-corrected chi connectivity index (χ4v) is 2.41. The highest BCUT2D eigenvalue weighted by Gasteiger charge is 2.22. The van der Waals surface area contributed by atoms with Crippen molar-refractivity contribution in [3.63, 3.8) is 0 Å². The Balaban J connectivity index is 0.00000242. The number of hydrogen-bond acceptors (Lipinski definition) is 4. The van der Waals surface area contributed by atoms with Crippen LogP contribution < -0.4 is 15.4 Å². The molecule has 0 saturated carbocycles. The number of benzene rings is 1. The molecule has 0 aliphatic carbocycles. The van der Waals surface area contributed by atoms with Gasteiger partial charge in [0.2, 0.25) is 5.91 Å². The Morgan fingerprint density at radius 3 is 2.74 bits per heavy atom. The summed E-state index contributed by atoms with van der Waals surface area (Å²) in [4.78, 5) is 14.0. The average Bonchev–Trinajstić information content (AvgIpc) is 2.95. The van der Waals surface area contributed by atoms with Gasteiger partial charge >= 0.3 is 0 Å². The number of hydrogen-bond donors (Lipinski definition) is 2. The molecule has 1 amide bonds.